The summed E-state index contributed by atoms with van der Waals surface area (Å²) in [5.74, 6) is 2.71. The van der Waals surface area contributed by atoms with E-state index in [2.05, 4.69) is 15.8 Å². The molecule has 0 fully saturated rings. The zero-order valence-electron chi connectivity index (χ0n) is 16.0. The van der Waals surface area contributed by atoms with Gasteiger partial charge in [0.2, 0.25) is 0 Å². The van der Waals surface area contributed by atoms with E-state index in [1.54, 1.807) is 26.0 Å². The quantitative estimate of drug-likeness (QED) is 0.495. The van der Waals surface area contributed by atoms with Gasteiger partial charge in [0.25, 0.3) is 5.91 Å². The SMILES string of the molecule is COc1ccc(SCC(=O)N=c2sc3ccc(OC)cc3n2CCSC)cc1. The van der Waals surface area contributed by atoms with Crippen molar-refractivity contribution >= 4 is 51.0 Å². The van der Waals surface area contributed by atoms with Crippen molar-refractivity contribution in [1.82, 2.24) is 4.57 Å². The molecule has 0 saturated heterocycles. The lowest BCUT2D eigenvalue weighted by molar-refractivity contribution is -0.115. The topological polar surface area (TPSA) is 52.8 Å². The van der Waals surface area contributed by atoms with E-state index in [4.69, 9.17) is 9.47 Å². The van der Waals surface area contributed by atoms with Gasteiger partial charge in [-0.25, -0.2) is 0 Å². The molecule has 5 nitrogen and oxygen atoms in total. The summed E-state index contributed by atoms with van der Waals surface area (Å²) in [4.78, 5) is 18.6. The van der Waals surface area contributed by atoms with Gasteiger partial charge in [-0.3, -0.25) is 4.79 Å². The second kappa shape index (κ2) is 10.0. The summed E-state index contributed by atoms with van der Waals surface area (Å²) >= 11 is 4.78. The van der Waals surface area contributed by atoms with Gasteiger partial charge in [0, 0.05) is 23.3 Å². The molecule has 1 aromatic heterocycles. The Morgan fingerprint density at radius 3 is 2.50 bits per heavy atom. The summed E-state index contributed by atoms with van der Waals surface area (Å²) in [6.07, 6.45) is 2.07. The summed E-state index contributed by atoms with van der Waals surface area (Å²) in [5, 5.41) is 0. The van der Waals surface area contributed by atoms with Gasteiger partial charge >= 0.3 is 0 Å². The number of thiazole rings is 1. The van der Waals surface area contributed by atoms with Crippen LogP contribution < -0.4 is 14.3 Å². The van der Waals surface area contributed by atoms with Crippen molar-refractivity contribution in [3.8, 4) is 11.5 Å². The Bertz CT molecular complexity index is 1010. The molecule has 1 heterocycles. The lowest BCUT2D eigenvalue weighted by Gasteiger charge is -2.05. The fraction of sp³-hybridized carbons (Fsp3) is 0.300. The molecular formula is C20H22N2O3S3. The molecule has 2 aromatic carbocycles. The molecule has 0 spiro atoms. The number of aromatic nitrogens is 1. The molecule has 0 unspecified atom stereocenters. The van der Waals surface area contributed by atoms with E-state index in [0.29, 0.717) is 5.75 Å². The van der Waals surface area contributed by atoms with Crippen LogP contribution in [0.5, 0.6) is 11.5 Å². The van der Waals surface area contributed by atoms with E-state index in [1.807, 2.05) is 42.5 Å². The first-order valence-electron chi connectivity index (χ1n) is 8.65. The van der Waals surface area contributed by atoms with E-state index >= 15 is 0 Å². The Morgan fingerprint density at radius 2 is 1.82 bits per heavy atom. The zero-order chi connectivity index (χ0) is 19.9. The van der Waals surface area contributed by atoms with Crippen LogP contribution in [-0.4, -0.2) is 42.5 Å². The van der Waals surface area contributed by atoms with Gasteiger partial charge in [-0.2, -0.15) is 16.8 Å². The fourth-order valence-electron chi connectivity index (χ4n) is 2.62. The van der Waals surface area contributed by atoms with Crippen molar-refractivity contribution in [2.45, 2.75) is 11.4 Å². The monoisotopic (exact) mass is 434 g/mol. The Hall–Kier alpha value is -1.90. The maximum atomic E-state index is 12.5. The van der Waals surface area contributed by atoms with Crippen LogP contribution in [0.1, 0.15) is 0 Å². The van der Waals surface area contributed by atoms with Crippen molar-refractivity contribution in [2.75, 3.05) is 32.0 Å². The third-order valence-electron chi connectivity index (χ3n) is 4.05. The minimum Gasteiger partial charge on any atom is -0.497 e. The summed E-state index contributed by atoms with van der Waals surface area (Å²) in [6.45, 7) is 0.798. The number of aryl methyl sites for hydroxylation is 1. The summed E-state index contributed by atoms with van der Waals surface area (Å²) in [6, 6.07) is 13.6. The summed E-state index contributed by atoms with van der Waals surface area (Å²) in [7, 11) is 3.29. The Labute approximate surface area is 176 Å². The number of ether oxygens (including phenoxy) is 2. The zero-order valence-corrected chi connectivity index (χ0v) is 18.5. The fourth-order valence-corrected chi connectivity index (χ4v) is 4.72. The second-order valence-electron chi connectivity index (χ2n) is 5.83. The van der Waals surface area contributed by atoms with Crippen LogP contribution in [0.25, 0.3) is 10.2 Å². The number of hydrogen-bond donors (Lipinski definition) is 0. The van der Waals surface area contributed by atoms with Gasteiger partial charge in [-0.05, 0) is 42.7 Å². The first kappa shape index (κ1) is 20.8. The number of methoxy groups -OCH3 is 2. The highest BCUT2D eigenvalue weighted by molar-refractivity contribution is 8.00. The Morgan fingerprint density at radius 1 is 1.11 bits per heavy atom. The van der Waals surface area contributed by atoms with E-state index in [9.17, 15) is 4.79 Å². The van der Waals surface area contributed by atoms with Gasteiger partial charge in [-0.1, -0.05) is 11.3 Å². The van der Waals surface area contributed by atoms with Crippen LogP contribution in [0.15, 0.2) is 52.4 Å². The lowest BCUT2D eigenvalue weighted by atomic mass is 10.3. The number of rotatable bonds is 8. The van der Waals surface area contributed by atoms with Crippen LogP contribution in [0.2, 0.25) is 0 Å². The van der Waals surface area contributed by atoms with E-state index in [0.717, 1.165) is 43.7 Å². The van der Waals surface area contributed by atoms with Crippen LogP contribution in [0.4, 0.5) is 0 Å². The number of carbonyl (C=O) groups is 1. The second-order valence-corrected chi connectivity index (χ2v) is 8.88. The van der Waals surface area contributed by atoms with Gasteiger partial charge < -0.3 is 14.0 Å². The molecule has 0 N–H and O–H groups in total. The molecular weight excluding hydrogens is 412 g/mol. The molecule has 1 amide bonds. The molecule has 0 aliphatic carbocycles. The molecule has 0 aliphatic rings. The Kier molecular flexibility index (Phi) is 7.47. The highest BCUT2D eigenvalue weighted by Gasteiger charge is 2.10. The van der Waals surface area contributed by atoms with Crippen LogP contribution in [-0.2, 0) is 11.3 Å². The van der Waals surface area contributed by atoms with Crippen molar-refractivity contribution in [2.24, 2.45) is 4.99 Å². The number of benzene rings is 2. The smallest absolute Gasteiger partial charge is 0.258 e. The number of thioether (sulfide) groups is 2. The van der Waals surface area contributed by atoms with Crippen LogP contribution >= 0.6 is 34.9 Å². The molecule has 0 saturated carbocycles. The number of carbonyl (C=O) groups excluding carboxylic acids is 1. The predicted octanol–water partition coefficient (Wildman–Crippen LogP) is 4.30. The molecule has 28 heavy (non-hydrogen) atoms. The third-order valence-corrected chi connectivity index (χ3v) is 6.70. The minimum atomic E-state index is -0.141. The van der Waals surface area contributed by atoms with Crippen LogP contribution in [0, 0.1) is 0 Å². The molecule has 0 bridgehead atoms. The number of hydrogen-bond acceptors (Lipinski definition) is 6. The minimum absolute atomic E-state index is 0.141. The number of amides is 1. The standard InChI is InChI=1S/C20H22N2O3S3/c1-24-14-4-7-16(8-5-14)27-13-19(23)21-20-22(10-11-26-3)17-12-15(25-2)6-9-18(17)28-20/h4-9,12H,10-11,13H2,1-3H3. The molecule has 3 aromatic rings. The van der Waals surface area contributed by atoms with Gasteiger partial charge in [-0.15, -0.1) is 11.8 Å². The maximum absolute atomic E-state index is 12.5. The molecule has 0 aliphatic heterocycles. The van der Waals surface area contributed by atoms with E-state index in [1.165, 1.54) is 23.1 Å². The van der Waals surface area contributed by atoms with Crippen molar-refractivity contribution in [3.63, 3.8) is 0 Å². The van der Waals surface area contributed by atoms with Crippen molar-refractivity contribution < 1.29 is 14.3 Å². The van der Waals surface area contributed by atoms with Gasteiger partial charge in [0.05, 0.1) is 30.2 Å². The first-order chi connectivity index (χ1) is 13.6. The average Bonchev–Trinajstić information content (AvgIpc) is 3.06. The van der Waals surface area contributed by atoms with E-state index < -0.39 is 0 Å². The highest BCUT2D eigenvalue weighted by Crippen LogP contribution is 2.24. The highest BCUT2D eigenvalue weighted by atomic mass is 32.2. The van der Waals surface area contributed by atoms with Crippen molar-refractivity contribution in [1.29, 1.82) is 0 Å². The number of fused-ring (bicyclic) bond motifs is 1. The maximum Gasteiger partial charge on any atom is 0.258 e. The molecule has 148 valence electrons. The normalized spacial score (nSPS) is 11.8. The predicted molar refractivity (Wildman–Crippen MR) is 119 cm³/mol. The van der Waals surface area contributed by atoms with E-state index in [-0.39, 0.29) is 5.91 Å². The molecule has 8 heteroatoms. The summed E-state index contributed by atoms with van der Waals surface area (Å²) < 4.78 is 13.7. The Balaban J connectivity index is 1.83. The summed E-state index contributed by atoms with van der Waals surface area (Å²) in [5.41, 5.74) is 1.05. The molecule has 3 rings (SSSR count). The molecule has 0 radical (unpaired) electrons. The lowest BCUT2D eigenvalue weighted by Crippen LogP contribution is -2.18. The van der Waals surface area contributed by atoms with Gasteiger partial charge in [0.15, 0.2) is 4.80 Å². The largest absolute Gasteiger partial charge is 0.497 e. The third kappa shape index (κ3) is 5.12. The van der Waals surface area contributed by atoms with Crippen molar-refractivity contribution in [3.05, 3.63) is 47.3 Å². The first-order valence-corrected chi connectivity index (χ1v) is 11.8. The van der Waals surface area contributed by atoms with Gasteiger partial charge in [0.1, 0.15) is 11.5 Å². The number of nitrogens with zero attached hydrogens (tertiary/aromatic N) is 2. The average molecular weight is 435 g/mol. The molecule has 0 atom stereocenters. The van der Waals surface area contributed by atoms with Crippen LogP contribution in [0.3, 0.4) is 0 Å².